The second-order valence-corrected chi connectivity index (χ2v) is 4.68. The maximum absolute atomic E-state index is 11.7. The van der Waals surface area contributed by atoms with Crippen molar-refractivity contribution in [3.8, 4) is 11.1 Å². The fourth-order valence-corrected chi connectivity index (χ4v) is 1.90. The molecule has 0 spiro atoms. The van der Waals surface area contributed by atoms with Crippen LogP contribution < -0.4 is 16.0 Å². The fraction of sp³-hybridized carbons (Fsp3) is 0.200. The van der Waals surface area contributed by atoms with E-state index in [9.17, 15) is 4.79 Å². The number of carbonyl (C=O) groups is 1. The first-order valence-corrected chi connectivity index (χ1v) is 6.28. The Kier molecular flexibility index (Phi) is 3.89. The zero-order chi connectivity index (χ0) is 14.7. The average Bonchev–Trinajstić information content (AvgIpc) is 2.47. The summed E-state index contributed by atoms with van der Waals surface area (Å²) in [5, 5.41) is 2.56. The number of carbonyl (C=O) groups excluding carboxylic acids is 1. The number of rotatable bonds is 3. The number of anilines is 2. The number of hydrogen-bond acceptors (Lipinski definition) is 4. The van der Waals surface area contributed by atoms with Gasteiger partial charge in [-0.3, -0.25) is 4.79 Å². The summed E-state index contributed by atoms with van der Waals surface area (Å²) in [6.07, 6.45) is 1.67. The van der Waals surface area contributed by atoms with Gasteiger partial charge < -0.3 is 16.0 Å². The van der Waals surface area contributed by atoms with Crippen LogP contribution >= 0.6 is 0 Å². The SMILES string of the molecule is CNC(=O)c1cc(-c2ccc(N(C)C)cc2)cnc1N. The van der Waals surface area contributed by atoms with Crippen molar-refractivity contribution in [3.63, 3.8) is 0 Å². The van der Waals surface area contributed by atoms with E-state index in [1.54, 1.807) is 19.3 Å². The van der Waals surface area contributed by atoms with Gasteiger partial charge in [0.2, 0.25) is 0 Å². The van der Waals surface area contributed by atoms with E-state index in [1.807, 2.05) is 43.3 Å². The second kappa shape index (κ2) is 5.61. The number of hydrogen-bond donors (Lipinski definition) is 2. The summed E-state index contributed by atoms with van der Waals surface area (Å²) in [6, 6.07) is 9.79. The van der Waals surface area contributed by atoms with Gasteiger partial charge >= 0.3 is 0 Å². The molecule has 1 aromatic carbocycles. The molecule has 0 fully saturated rings. The van der Waals surface area contributed by atoms with Crippen LogP contribution in [0.1, 0.15) is 10.4 Å². The molecular weight excluding hydrogens is 252 g/mol. The van der Waals surface area contributed by atoms with Crippen molar-refractivity contribution in [2.75, 3.05) is 31.8 Å². The first kappa shape index (κ1) is 13.9. The molecule has 20 heavy (non-hydrogen) atoms. The van der Waals surface area contributed by atoms with Crippen molar-refractivity contribution in [1.82, 2.24) is 10.3 Å². The molecule has 1 amide bonds. The number of nitrogen functional groups attached to an aromatic ring is 1. The van der Waals surface area contributed by atoms with E-state index in [1.165, 1.54) is 0 Å². The molecule has 104 valence electrons. The fourth-order valence-electron chi connectivity index (χ4n) is 1.90. The Morgan fingerprint density at radius 1 is 1.20 bits per heavy atom. The van der Waals surface area contributed by atoms with Crippen molar-refractivity contribution >= 4 is 17.4 Å². The van der Waals surface area contributed by atoms with Crippen molar-refractivity contribution in [3.05, 3.63) is 42.1 Å². The van der Waals surface area contributed by atoms with Crippen LogP contribution in [-0.2, 0) is 0 Å². The maximum atomic E-state index is 11.7. The quantitative estimate of drug-likeness (QED) is 0.891. The molecule has 0 aliphatic rings. The van der Waals surface area contributed by atoms with Crippen LogP contribution in [0.25, 0.3) is 11.1 Å². The molecule has 0 saturated carbocycles. The smallest absolute Gasteiger partial charge is 0.254 e. The lowest BCUT2D eigenvalue weighted by Gasteiger charge is -2.13. The Labute approximate surface area is 118 Å². The number of amides is 1. The summed E-state index contributed by atoms with van der Waals surface area (Å²) in [5.74, 6) is -0.000210. The van der Waals surface area contributed by atoms with Gasteiger partial charge in [-0.05, 0) is 23.8 Å². The Hall–Kier alpha value is -2.56. The van der Waals surface area contributed by atoms with E-state index < -0.39 is 0 Å². The van der Waals surface area contributed by atoms with Gasteiger partial charge in [-0.2, -0.15) is 0 Å². The first-order chi connectivity index (χ1) is 9.52. The number of pyridine rings is 1. The highest BCUT2D eigenvalue weighted by atomic mass is 16.1. The van der Waals surface area contributed by atoms with E-state index in [4.69, 9.17) is 5.73 Å². The third-order valence-electron chi connectivity index (χ3n) is 3.11. The van der Waals surface area contributed by atoms with Gasteiger partial charge in [-0.25, -0.2) is 4.98 Å². The number of nitrogens with zero attached hydrogens (tertiary/aromatic N) is 2. The highest BCUT2D eigenvalue weighted by Gasteiger charge is 2.11. The Morgan fingerprint density at radius 3 is 2.40 bits per heavy atom. The maximum Gasteiger partial charge on any atom is 0.254 e. The normalized spacial score (nSPS) is 10.2. The molecule has 1 aromatic heterocycles. The molecule has 5 heteroatoms. The van der Waals surface area contributed by atoms with Gasteiger partial charge in [0.25, 0.3) is 5.91 Å². The van der Waals surface area contributed by atoms with Crippen molar-refractivity contribution in [2.24, 2.45) is 0 Å². The minimum Gasteiger partial charge on any atom is -0.383 e. The predicted molar refractivity (Wildman–Crippen MR) is 81.8 cm³/mol. The van der Waals surface area contributed by atoms with Gasteiger partial charge in [0.15, 0.2) is 0 Å². The minimum absolute atomic E-state index is 0.234. The van der Waals surface area contributed by atoms with E-state index >= 15 is 0 Å². The second-order valence-electron chi connectivity index (χ2n) is 4.68. The van der Waals surface area contributed by atoms with Gasteiger partial charge in [0.05, 0.1) is 5.56 Å². The van der Waals surface area contributed by atoms with Gasteiger partial charge in [0.1, 0.15) is 5.82 Å². The van der Waals surface area contributed by atoms with Crippen molar-refractivity contribution < 1.29 is 4.79 Å². The van der Waals surface area contributed by atoms with E-state index in [0.29, 0.717) is 5.56 Å². The summed E-state index contributed by atoms with van der Waals surface area (Å²) < 4.78 is 0. The molecule has 5 nitrogen and oxygen atoms in total. The molecule has 3 N–H and O–H groups in total. The van der Waals surface area contributed by atoms with E-state index in [2.05, 4.69) is 10.3 Å². The minimum atomic E-state index is -0.234. The van der Waals surface area contributed by atoms with E-state index in [0.717, 1.165) is 16.8 Å². The monoisotopic (exact) mass is 270 g/mol. The summed E-state index contributed by atoms with van der Waals surface area (Å²) >= 11 is 0. The Morgan fingerprint density at radius 2 is 1.85 bits per heavy atom. The van der Waals surface area contributed by atoms with Crippen LogP contribution in [0.5, 0.6) is 0 Å². The molecule has 1 heterocycles. The standard InChI is InChI=1S/C15H18N4O/c1-17-15(20)13-8-11(9-18-14(13)16)10-4-6-12(7-5-10)19(2)3/h4-9H,1-3H3,(H2,16,18)(H,17,20). The Balaban J connectivity index is 2.40. The van der Waals surface area contributed by atoms with Crippen molar-refractivity contribution in [2.45, 2.75) is 0 Å². The van der Waals surface area contributed by atoms with Gasteiger partial charge in [0, 0.05) is 38.6 Å². The van der Waals surface area contributed by atoms with Crippen LogP contribution in [0.4, 0.5) is 11.5 Å². The topological polar surface area (TPSA) is 71.2 Å². The lowest BCUT2D eigenvalue weighted by molar-refractivity contribution is 0.0963. The molecular formula is C15H18N4O. The molecule has 0 atom stereocenters. The van der Waals surface area contributed by atoms with Crippen LogP contribution in [0.15, 0.2) is 36.5 Å². The van der Waals surface area contributed by atoms with Crippen molar-refractivity contribution in [1.29, 1.82) is 0 Å². The summed E-state index contributed by atoms with van der Waals surface area (Å²) in [4.78, 5) is 17.8. The average molecular weight is 270 g/mol. The number of nitrogens with one attached hydrogen (secondary N) is 1. The van der Waals surface area contributed by atoms with Crippen LogP contribution in [0.3, 0.4) is 0 Å². The third kappa shape index (κ3) is 2.71. The first-order valence-electron chi connectivity index (χ1n) is 6.28. The van der Waals surface area contributed by atoms with Crippen LogP contribution in [0.2, 0.25) is 0 Å². The zero-order valence-electron chi connectivity index (χ0n) is 11.8. The summed E-state index contributed by atoms with van der Waals surface area (Å²) in [7, 11) is 5.55. The number of nitrogens with two attached hydrogens (primary N) is 1. The molecule has 2 aromatic rings. The number of aromatic nitrogens is 1. The molecule has 0 aliphatic carbocycles. The summed E-state index contributed by atoms with van der Waals surface area (Å²) in [5.41, 5.74) is 9.09. The number of benzene rings is 1. The van der Waals surface area contributed by atoms with Gasteiger partial charge in [-0.15, -0.1) is 0 Å². The lowest BCUT2D eigenvalue weighted by atomic mass is 10.0. The molecule has 0 bridgehead atoms. The lowest BCUT2D eigenvalue weighted by Crippen LogP contribution is -2.19. The Bertz CT molecular complexity index is 620. The summed E-state index contributed by atoms with van der Waals surface area (Å²) in [6.45, 7) is 0. The third-order valence-corrected chi connectivity index (χ3v) is 3.11. The van der Waals surface area contributed by atoms with E-state index in [-0.39, 0.29) is 11.7 Å². The predicted octanol–water partition coefficient (Wildman–Crippen LogP) is 1.76. The van der Waals surface area contributed by atoms with Crippen LogP contribution in [-0.4, -0.2) is 32.0 Å². The molecule has 0 unspecified atom stereocenters. The molecule has 0 aliphatic heterocycles. The highest BCUT2D eigenvalue weighted by molar-refractivity contribution is 5.99. The molecule has 0 saturated heterocycles. The molecule has 0 radical (unpaired) electrons. The molecule has 2 rings (SSSR count). The van der Waals surface area contributed by atoms with Gasteiger partial charge in [-0.1, -0.05) is 12.1 Å². The zero-order valence-corrected chi connectivity index (χ0v) is 11.8. The largest absolute Gasteiger partial charge is 0.383 e. The van der Waals surface area contributed by atoms with Crippen LogP contribution in [0, 0.1) is 0 Å². The highest BCUT2D eigenvalue weighted by Crippen LogP contribution is 2.24.